The van der Waals surface area contributed by atoms with E-state index in [1.165, 1.54) is 44.1 Å². The van der Waals surface area contributed by atoms with Crippen LogP contribution in [0.2, 0.25) is 0 Å². The monoisotopic (exact) mass is 471 g/mol. The standard InChI is InChI=1S/C29H49N3O2/c1-5-7-13-25-14-16-26(17-15-25)30-29(33)32(4)27-18-20-28(21-19-27)34-24-12-10-8-9-11-23-31(3)22-6-2/h6,14-17,27-28H,2,5,7-13,18-24H2,1,3-4H3,(H,30,33)/t27-,28-. The maximum absolute atomic E-state index is 12.7. The van der Waals surface area contributed by atoms with E-state index in [9.17, 15) is 4.79 Å². The van der Waals surface area contributed by atoms with Crippen LogP contribution in [0, 0.1) is 0 Å². The smallest absolute Gasteiger partial charge is 0.321 e. The van der Waals surface area contributed by atoms with E-state index < -0.39 is 0 Å². The number of benzene rings is 1. The van der Waals surface area contributed by atoms with Crippen LogP contribution in [0.3, 0.4) is 0 Å². The molecule has 0 heterocycles. The number of carbonyl (C=O) groups is 1. The largest absolute Gasteiger partial charge is 0.378 e. The van der Waals surface area contributed by atoms with E-state index in [-0.39, 0.29) is 6.03 Å². The van der Waals surface area contributed by atoms with E-state index in [1.807, 2.05) is 30.2 Å². The van der Waals surface area contributed by atoms with Crippen LogP contribution in [0.1, 0.15) is 83.1 Å². The Bertz CT molecular complexity index is 683. The van der Waals surface area contributed by atoms with E-state index in [4.69, 9.17) is 4.74 Å². The Kier molecular flexibility index (Phi) is 14.0. The van der Waals surface area contributed by atoms with Gasteiger partial charge in [-0.1, -0.05) is 50.8 Å². The van der Waals surface area contributed by atoms with Gasteiger partial charge in [-0.25, -0.2) is 4.79 Å². The van der Waals surface area contributed by atoms with Crippen molar-refractivity contribution in [2.24, 2.45) is 0 Å². The third-order valence-electron chi connectivity index (χ3n) is 7.01. The van der Waals surface area contributed by atoms with Gasteiger partial charge in [0.1, 0.15) is 0 Å². The fraction of sp³-hybridized carbons (Fsp3) is 0.690. The second-order valence-electron chi connectivity index (χ2n) is 9.96. The van der Waals surface area contributed by atoms with Crippen molar-refractivity contribution in [1.82, 2.24) is 9.80 Å². The van der Waals surface area contributed by atoms with Crippen LogP contribution in [0.4, 0.5) is 10.5 Å². The van der Waals surface area contributed by atoms with Gasteiger partial charge < -0.3 is 19.9 Å². The zero-order valence-electron chi connectivity index (χ0n) is 22.1. The molecule has 1 aliphatic rings. The number of hydrogen-bond donors (Lipinski definition) is 1. The summed E-state index contributed by atoms with van der Waals surface area (Å²) in [4.78, 5) is 16.9. The number of ether oxygens (including phenoxy) is 1. The summed E-state index contributed by atoms with van der Waals surface area (Å²) in [5.41, 5.74) is 2.21. The molecule has 5 heteroatoms. The van der Waals surface area contributed by atoms with Crippen LogP contribution in [0.5, 0.6) is 0 Å². The van der Waals surface area contributed by atoms with Crippen molar-refractivity contribution >= 4 is 11.7 Å². The lowest BCUT2D eigenvalue weighted by molar-refractivity contribution is 0.0130. The molecule has 5 nitrogen and oxygen atoms in total. The molecule has 1 N–H and O–H groups in total. The predicted molar refractivity (Wildman–Crippen MR) is 145 cm³/mol. The van der Waals surface area contributed by atoms with Gasteiger partial charge in [-0.3, -0.25) is 0 Å². The highest BCUT2D eigenvalue weighted by Crippen LogP contribution is 2.25. The highest BCUT2D eigenvalue weighted by atomic mass is 16.5. The number of hydrogen-bond acceptors (Lipinski definition) is 3. The van der Waals surface area contributed by atoms with Gasteiger partial charge in [-0.15, -0.1) is 6.58 Å². The minimum Gasteiger partial charge on any atom is -0.378 e. The van der Waals surface area contributed by atoms with Gasteiger partial charge in [0.15, 0.2) is 0 Å². The number of nitrogens with zero attached hydrogens (tertiary/aromatic N) is 2. The number of aryl methyl sites for hydroxylation is 1. The van der Waals surface area contributed by atoms with E-state index in [0.717, 1.165) is 63.9 Å². The lowest BCUT2D eigenvalue weighted by Crippen LogP contribution is -2.42. The molecule has 0 atom stereocenters. The van der Waals surface area contributed by atoms with Crippen molar-refractivity contribution < 1.29 is 9.53 Å². The number of likely N-dealkylation sites (N-methyl/N-ethyl adjacent to an activating group) is 1. The van der Waals surface area contributed by atoms with Crippen molar-refractivity contribution in [2.45, 2.75) is 96.1 Å². The Morgan fingerprint density at radius 1 is 1.03 bits per heavy atom. The molecule has 1 saturated carbocycles. The summed E-state index contributed by atoms with van der Waals surface area (Å²) >= 11 is 0. The maximum atomic E-state index is 12.7. The first-order valence-electron chi connectivity index (χ1n) is 13.6. The first-order chi connectivity index (χ1) is 16.5. The summed E-state index contributed by atoms with van der Waals surface area (Å²) in [5, 5.41) is 3.06. The highest BCUT2D eigenvalue weighted by molar-refractivity contribution is 5.89. The van der Waals surface area contributed by atoms with Crippen LogP contribution < -0.4 is 5.32 Å². The zero-order chi connectivity index (χ0) is 24.6. The van der Waals surface area contributed by atoms with E-state index in [2.05, 4.69) is 42.9 Å². The van der Waals surface area contributed by atoms with E-state index in [1.54, 1.807) is 0 Å². The number of rotatable bonds is 16. The molecule has 0 bridgehead atoms. The predicted octanol–water partition coefficient (Wildman–Crippen LogP) is 6.89. The number of urea groups is 1. The number of unbranched alkanes of at least 4 members (excludes halogenated alkanes) is 5. The molecule has 0 unspecified atom stereocenters. The normalized spacial score (nSPS) is 18.1. The minimum absolute atomic E-state index is 0.0126. The molecule has 1 fully saturated rings. The highest BCUT2D eigenvalue weighted by Gasteiger charge is 2.27. The van der Waals surface area contributed by atoms with Crippen LogP contribution in [-0.2, 0) is 11.2 Å². The number of nitrogens with one attached hydrogen (secondary N) is 1. The molecule has 0 saturated heterocycles. The quantitative estimate of drug-likeness (QED) is 0.211. The summed E-state index contributed by atoms with van der Waals surface area (Å²) in [6.45, 7) is 9.00. The summed E-state index contributed by atoms with van der Waals surface area (Å²) in [5.74, 6) is 0. The number of amides is 2. The Morgan fingerprint density at radius 2 is 1.71 bits per heavy atom. The fourth-order valence-electron chi connectivity index (χ4n) is 4.69. The Balaban J connectivity index is 1.55. The van der Waals surface area contributed by atoms with E-state index >= 15 is 0 Å². The first-order valence-corrected chi connectivity index (χ1v) is 13.6. The van der Waals surface area contributed by atoms with Crippen molar-refractivity contribution in [3.8, 4) is 0 Å². The first kappa shape index (κ1) is 28.4. The SMILES string of the molecule is C=CCN(C)CCCCCCCO[C@H]1CC[C@H](N(C)C(=O)Nc2ccc(CCCC)cc2)CC1. The Morgan fingerprint density at radius 3 is 2.38 bits per heavy atom. The van der Waals surface area contributed by atoms with Crippen molar-refractivity contribution in [3.05, 3.63) is 42.5 Å². The molecule has 1 aliphatic carbocycles. The van der Waals surface area contributed by atoms with Gasteiger partial charge in [0.2, 0.25) is 0 Å². The molecule has 1 aromatic rings. The van der Waals surface area contributed by atoms with Gasteiger partial charge in [0.05, 0.1) is 6.10 Å². The average molecular weight is 472 g/mol. The van der Waals surface area contributed by atoms with E-state index in [0.29, 0.717) is 12.1 Å². The Hall–Kier alpha value is -1.85. The molecule has 192 valence electrons. The van der Waals surface area contributed by atoms with Crippen molar-refractivity contribution in [3.63, 3.8) is 0 Å². The second kappa shape index (κ2) is 16.7. The molecule has 0 spiro atoms. The van der Waals surface area contributed by atoms with Crippen LogP contribution >= 0.6 is 0 Å². The molecule has 34 heavy (non-hydrogen) atoms. The molecular formula is C29H49N3O2. The summed E-state index contributed by atoms with van der Waals surface area (Å²) in [6.07, 6.45) is 16.2. The van der Waals surface area contributed by atoms with Gasteiger partial charge in [-0.05, 0) is 82.7 Å². The molecular weight excluding hydrogens is 422 g/mol. The van der Waals surface area contributed by atoms with Gasteiger partial charge in [0.25, 0.3) is 0 Å². The topological polar surface area (TPSA) is 44.8 Å². The summed E-state index contributed by atoms with van der Waals surface area (Å²) in [6, 6.07) is 8.56. The third-order valence-corrected chi connectivity index (χ3v) is 7.01. The average Bonchev–Trinajstić information content (AvgIpc) is 2.85. The van der Waals surface area contributed by atoms with Crippen molar-refractivity contribution in [2.75, 3.05) is 39.1 Å². The zero-order valence-corrected chi connectivity index (χ0v) is 22.1. The number of anilines is 1. The number of carbonyl (C=O) groups excluding carboxylic acids is 1. The molecule has 0 aliphatic heterocycles. The summed E-state index contributed by atoms with van der Waals surface area (Å²) < 4.78 is 6.14. The second-order valence-corrected chi connectivity index (χ2v) is 9.96. The fourth-order valence-corrected chi connectivity index (χ4v) is 4.69. The van der Waals surface area contributed by atoms with Crippen molar-refractivity contribution in [1.29, 1.82) is 0 Å². The summed E-state index contributed by atoms with van der Waals surface area (Å²) in [7, 11) is 4.08. The Labute approximate surface area is 208 Å². The lowest BCUT2D eigenvalue weighted by Gasteiger charge is -2.34. The molecule has 0 radical (unpaired) electrons. The molecule has 2 rings (SSSR count). The minimum atomic E-state index is -0.0126. The van der Waals surface area contributed by atoms with Crippen LogP contribution in [0.25, 0.3) is 0 Å². The lowest BCUT2D eigenvalue weighted by atomic mass is 9.92. The molecule has 2 amide bonds. The van der Waals surface area contributed by atoms with Gasteiger partial charge in [-0.2, -0.15) is 0 Å². The molecule has 0 aromatic heterocycles. The van der Waals surface area contributed by atoms with Crippen LogP contribution in [-0.4, -0.2) is 61.8 Å². The molecule has 1 aromatic carbocycles. The maximum Gasteiger partial charge on any atom is 0.321 e. The third kappa shape index (κ3) is 11.1. The van der Waals surface area contributed by atoms with Crippen LogP contribution in [0.15, 0.2) is 36.9 Å². The van der Waals surface area contributed by atoms with Gasteiger partial charge in [0, 0.05) is 31.9 Å². The van der Waals surface area contributed by atoms with Gasteiger partial charge >= 0.3 is 6.03 Å².